The molecule has 0 bridgehead atoms. The normalized spacial score (nSPS) is 16.6. The van der Waals surface area contributed by atoms with Gasteiger partial charge in [-0.05, 0) is 49.6 Å². The molecule has 1 heterocycles. The van der Waals surface area contributed by atoms with E-state index in [1.54, 1.807) is 43.3 Å². The molecule has 2 aromatic rings. The summed E-state index contributed by atoms with van der Waals surface area (Å²) in [5, 5.41) is 2.81. The van der Waals surface area contributed by atoms with Gasteiger partial charge in [0, 0.05) is 26.3 Å². The first-order chi connectivity index (χ1) is 13.0. The van der Waals surface area contributed by atoms with Crippen molar-refractivity contribution in [1.82, 2.24) is 0 Å². The zero-order valence-electron chi connectivity index (χ0n) is 15.7. The van der Waals surface area contributed by atoms with Crippen LogP contribution in [0.15, 0.2) is 42.5 Å². The number of halogens is 1. The number of carbonyl (C=O) groups excluding carboxylic acids is 1. The van der Waals surface area contributed by atoms with E-state index in [4.69, 9.17) is 9.47 Å². The van der Waals surface area contributed by atoms with Gasteiger partial charge in [0.15, 0.2) is 0 Å². The first kappa shape index (κ1) is 19.2. The van der Waals surface area contributed by atoms with Crippen molar-refractivity contribution >= 4 is 17.3 Å². The number of hydrogen-bond acceptors (Lipinski definition) is 4. The Hall–Kier alpha value is -2.60. The molecule has 1 aliphatic heterocycles. The van der Waals surface area contributed by atoms with Gasteiger partial charge in [0.05, 0.1) is 17.5 Å². The van der Waals surface area contributed by atoms with E-state index in [-0.39, 0.29) is 17.6 Å². The molecule has 0 aliphatic carbocycles. The number of anilines is 2. The van der Waals surface area contributed by atoms with Crippen LogP contribution in [0.3, 0.4) is 0 Å². The van der Waals surface area contributed by atoms with Crippen LogP contribution in [0.4, 0.5) is 15.8 Å². The van der Waals surface area contributed by atoms with E-state index in [9.17, 15) is 9.18 Å². The lowest BCUT2D eigenvalue weighted by atomic mass is 10.1. The maximum absolute atomic E-state index is 14.1. The summed E-state index contributed by atoms with van der Waals surface area (Å²) < 4.78 is 25.7. The molecule has 3 rings (SSSR count). The van der Waals surface area contributed by atoms with E-state index >= 15 is 0 Å². The molecule has 1 amide bonds. The van der Waals surface area contributed by atoms with Crippen molar-refractivity contribution in [2.45, 2.75) is 25.4 Å². The van der Waals surface area contributed by atoms with E-state index in [2.05, 4.69) is 5.32 Å². The molecule has 0 aromatic heterocycles. The predicted octanol–water partition coefficient (Wildman–Crippen LogP) is 4.09. The van der Waals surface area contributed by atoms with Gasteiger partial charge in [-0.1, -0.05) is 12.1 Å². The largest absolute Gasteiger partial charge is 0.489 e. The first-order valence-corrected chi connectivity index (χ1v) is 9.16. The highest BCUT2D eigenvalue weighted by molar-refractivity contribution is 6.05. The number of carbonyl (C=O) groups is 1. The van der Waals surface area contributed by atoms with Crippen molar-refractivity contribution in [3.05, 3.63) is 53.8 Å². The molecule has 1 N–H and O–H groups in total. The van der Waals surface area contributed by atoms with Crippen molar-refractivity contribution in [3.8, 4) is 5.75 Å². The highest BCUT2D eigenvalue weighted by Gasteiger charge is 2.17. The van der Waals surface area contributed by atoms with Gasteiger partial charge in [-0.25, -0.2) is 4.39 Å². The Labute approximate surface area is 159 Å². The number of ether oxygens (including phenoxy) is 2. The van der Waals surface area contributed by atoms with Gasteiger partial charge >= 0.3 is 0 Å². The Kier molecular flexibility index (Phi) is 6.29. The van der Waals surface area contributed by atoms with Crippen LogP contribution in [-0.2, 0) is 4.74 Å². The monoisotopic (exact) mass is 372 g/mol. The Morgan fingerprint density at radius 3 is 2.78 bits per heavy atom. The summed E-state index contributed by atoms with van der Waals surface area (Å²) in [4.78, 5) is 14.2. The summed E-state index contributed by atoms with van der Waals surface area (Å²) in [5.41, 5.74) is 1.24. The van der Waals surface area contributed by atoms with Gasteiger partial charge in [0.25, 0.3) is 5.91 Å². The number of nitrogens with zero attached hydrogens (tertiary/aromatic N) is 1. The van der Waals surface area contributed by atoms with E-state index in [0.717, 1.165) is 25.9 Å². The summed E-state index contributed by atoms with van der Waals surface area (Å²) in [7, 11) is 3.50. The van der Waals surface area contributed by atoms with Crippen LogP contribution in [0, 0.1) is 5.82 Å². The first-order valence-electron chi connectivity index (χ1n) is 9.16. The molecule has 1 saturated heterocycles. The highest BCUT2D eigenvalue weighted by atomic mass is 19.1. The van der Waals surface area contributed by atoms with E-state index in [1.807, 2.05) is 12.1 Å². The van der Waals surface area contributed by atoms with E-state index in [0.29, 0.717) is 23.7 Å². The third-order valence-corrected chi connectivity index (χ3v) is 4.53. The molecule has 2 aromatic carbocycles. The molecule has 1 atom stereocenters. The molecule has 0 spiro atoms. The molecule has 144 valence electrons. The van der Waals surface area contributed by atoms with Gasteiger partial charge in [-0.3, -0.25) is 4.79 Å². The fourth-order valence-electron chi connectivity index (χ4n) is 3.02. The van der Waals surface area contributed by atoms with Crippen LogP contribution in [0.25, 0.3) is 0 Å². The van der Waals surface area contributed by atoms with Crippen molar-refractivity contribution in [2.24, 2.45) is 0 Å². The van der Waals surface area contributed by atoms with Crippen molar-refractivity contribution in [3.63, 3.8) is 0 Å². The lowest BCUT2D eigenvalue weighted by Gasteiger charge is -2.23. The predicted molar refractivity (Wildman–Crippen MR) is 104 cm³/mol. The molecular formula is C21H25FN2O3. The van der Waals surface area contributed by atoms with Gasteiger partial charge in [0.1, 0.15) is 18.2 Å². The van der Waals surface area contributed by atoms with Crippen molar-refractivity contribution < 1.29 is 18.7 Å². The van der Waals surface area contributed by atoms with E-state index < -0.39 is 5.82 Å². The molecule has 0 saturated carbocycles. The van der Waals surface area contributed by atoms with Crippen LogP contribution in [0.1, 0.15) is 29.6 Å². The SMILES string of the molecule is CN(C)c1ccc(C(=O)Nc2ccccc2OCC2CCCCO2)cc1F. The summed E-state index contributed by atoms with van der Waals surface area (Å²) in [6, 6.07) is 11.7. The topological polar surface area (TPSA) is 50.8 Å². The molecule has 1 aliphatic rings. The minimum atomic E-state index is -0.438. The second-order valence-electron chi connectivity index (χ2n) is 6.81. The smallest absolute Gasteiger partial charge is 0.255 e. The van der Waals surface area contributed by atoms with Crippen LogP contribution >= 0.6 is 0 Å². The van der Waals surface area contributed by atoms with Gasteiger partial charge in [-0.15, -0.1) is 0 Å². The van der Waals surface area contributed by atoms with E-state index in [1.165, 1.54) is 6.07 Å². The van der Waals surface area contributed by atoms with Gasteiger partial charge in [0.2, 0.25) is 0 Å². The molecule has 5 nitrogen and oxygen atoms in total. The number of rotatable bonds is 6. The Balaban J connectivity index is 1.68. The molecule has 0 radical (unpaired) electrons. The van der Waals surface area contributed by atoms with Gasteiger partial charge in [-0.2, -0.15) is 0 Å². The molecular weight excluding hydrogens is 347 g/mol. The minimum Gasteiger partial charge on any atom is -0.489 e. The molecule has 1 unspecified atom stereocenters. The summed E-state index contributed by atoms with van der Waals surface area (Å²) in [5.74, 6) is -0.249. The third-order valence-electron chi connectivity index (χ3n) is 4.53. The highest BCUT2D eigenvalue weighted by Crippen LogP contribution is 2.26. The quantitative estimate of drug-likeness (QED) is 0.830. The molecule has 6 heteroatoms. The zero-order valence-corrected chi connectivity index (χ0v) is 15.7. The zero-order chi connectivity index (χ0) is 19.2. The minimum absolute atomic E-state index is 0.0789. The van der Waals surface area contributed by atoms with Crippen LogP contribution < -0.4 is 15.0 Å². The third kappa shape index (κ3) is 4.98. The summed E-state index contributed by atoms with van der Waals surface area (Å²) >= 11 is 0. The average Bonchev–Trinajstić information content (AvgIpc) is 2.67. The number of nitrogens with one attached hydrogen (secondary N) is 1. The number of para-hydroxylation sites is 2. The Bertz CT molecular complexity index is 789. The van der Waals surface area contributed by atoms with Crippen LogP contribution in [0.2, 0.25) is 0 Å². The number of benzene rings is 2. The van der Waals surface area contributed by atoms with Crippen molar-refractivity contribution in [1.29, 1.82) is 0 Å². The Morgan fingerprint density at radius 1 is 1.26 bits per heavy atom. The number of hydrogen-bond donors (Lipinski definition) is 1. The van der Waals surface area contributed by atoms with Crippen LogP contribution in [-0.4, -0.2) is 39.3 Å². The maximum Gasteiger partial charge on any atom is 0.255 e. The van der Waals surface area contributed by atoms with Crippen molar-refractivity contribution in [2.75, 3.05) is 37.5 Å². The average molecular weight is 372 g/mol. The molecule has 1 fully saturated rings. The lowest BCUT2D eigenvalue weighted by Crippen LogP contribution is -2.26. The number of amides is 1. The van der Waals surface area contributed by atoms with Gasteiger partial charge < -0.3 is 19.7 Å². The maximum atomic E-state index is 14.1. The standard InChI is InChI=1S/C21H25FN2O3/c1-24(2)19-11-10-15(13-17(19)22)21(25)23-18-8-3-4-9-20(18)27-14-16-7-5-6-12-26-16/h3-4,8-11,13,16H,5-7,12,14H2,1-2H3,(H,23,25). The molecule has 27 heavy (non-hydrogen) atoms. The second-order valence-corrected chi connectivity index (χ2v) is 6.81. The summed E-state index contributed by atoms with van der Waals surface area (Å²) in [6.45, 7) is 1.21. The lowest BCUT2D eigenvalue weighted by molar-refractivity contribution is -0.0109. The van der Waals surface area contributed by atoms with Crippen LogP contribution in [0.5, 0.6) is 5.75 Å². The fraction of sp³-hybridized carbons (Fsp3) is 0.381. The second kappa shape index (κ2) is 8.86. The summed E-state index contributed by atoms with van der Waals surface area (Å²) in [6.07, 6.45) is 3.29. The fourth-order valence-corrected chi connectivity index (χ4v) is 3.02. The Morgan fingerprint density at radius 2 is 2.07 bits per heavy atom.